The molecule has 2 saturated heterocycles. The van der Waals surface area contributed by atoms with E-state index in [2.05, 4.69) is 41.8 Å². The van der Waals surface area contributed by atoms with Gasteiger partial charge in [-0.3, -0.25) is 4.90 Å². The van der Waals surface area contributed by atoms with Crippen molar-refractivity contribution in [1.82, 2.24) is 4.90 Å². The molecule has 1 aromatic carbocycles. The van der Waals surface area contributed by atoms with Crippen LogP contribution in [0.25, 0.3) is 0 Å². The Morgan fingerprint density at radius 3 is 2.76 bits per heavy atom. The number of ether oxygens (including phenoxy) is 2. The zero-order valence-corrected chi connectivity index (χ0v) is 15.6. The van der Waals surface area contributed by atoms with E-state index in [4.69, 9.17) is 9.47 Å². The van der Waals surface area contributed by atoms with Crippen LogP contribution >= 0.6 is 0 Å². The molecule has 0 amide bonds. The van der Waals surface area contributed by atoms with Crippen LogP contribution in [0.5, 0.6) is 0 Å². The number of aryl methyl sites for hydroxylation is 1. The van der Waals surface area contributed by atoms with Crippen LogP contribution in [0.3, 0.4) is 0 Å². The summed E-state index contributed by atoms with van der Waals surface area (Å²) in [7, 11) is 0. The van der Waals surface area contributed by atoms with E-state index >= 15 is 0 Å². The molecule has 0 saturated carbocycles. The number of aliphatic hydroxyl groups is 1. The monoisotopic (exact) mass is 348 g/mol. The van der Waals surface area contributed by atoms with Gasteiger partial charge < -0.3 is 19.5 Å². The standard InChI is InChI=1S/C20H32N2O3/c1-16-5-3-7-20(17(16)2)22-10-8-21(9-11-22)13-18(23)14-24-15-19-6-4-12-25-19/h3,5,7,18-19,23H,4,6,8-15H2,1-2H3/t18-,19+/m1/s1. The number of nitrogens with zero attached hydrogens (tertiary/aromatic N) is 2. The summed E-state index contributed by atoms with van der Waals surface area (Å²) < 4.78 is 11.2. The molecule has 0 bridgehead atoms. The number of aliphatic hydroxyl groups excluding tert-OH is 1. The zero-order valence-electron chi connectivity index (χ0n) is 15.6. The Morgan fingerprint density at radius 1 is 1.24 bits per heavy atom. The summed E-state index contributed by atoms with van der Waals surface area (Å²) in [5.41, 5.74) is 4.07. The summed E-state index contributed by atoms with van der Waals surface area (Å²) in [5, 5.41) is 10.2. The van der Waals surface area contributed by atoms with Gasteiger partial charge in [-0.05, 0) is 43.9 Å². The Kier molecular flexibility index (Phi) is 6.70. The molecule has 2 heterocycles. The van der Waals surface area contributed by atoms with Crippen LogP contribution in [0, 0.1) is 13.8 Å². The molecule has 0 unspecified atom stereocenters. The highest BCUT2D eigenvalue weighted by molar-refractivity contribution is 5.56. The molecule has 5 heteroatoms. The van der Waals surface area contributed by atoms with Gasteiger partial charge in [0.05, 0.1) is 25.4 Å². The number of piperazine rings is 1. The zero-order chi connectivity index (χ0) is 17.6. The van der Waals surface area contributed by atoms with Gasteiger partial charge in [0.1, 0.15) is 0 Å². The molecule has 1 N–H and O–H groups in total. The molecule has 0 aliphatic carbocycles. The minimum Gasteiger partial charge on any atom is -0.389 e. The second-order valence-electron chi connectivity index (χ2n) is 7.33. The lowest BCUT2D eigenvalue weighted by Crippen LogP contribution is -2.49. The highest BCUT2D eigenvalue weighted by Gasteiger charge is 2.21. The molecule has 2 fully saturated rings. The fourth-order valence-corrected chi connectivity index (χ4v) is 3.71. The Hall–Kier alpha value is -1.14. The van der Waals surface area contributed by atoms with E-state index in [0.717, 1.165) is 45.6 Å². The number of benzene rings is 1. The second kappa shape index (κ2) is 8.99. The van der Waals surface area contributed by atoms with Crippen molar-refractivity contribution >= 4 is 5.69 Å². The average molecular weight is 348 g/mol. The molecule has 3 rings (SSSR count). The van der Waals surface area contributed by atoms with Gasteiger partial charge >= 0.3 is 0 Å². The predicted molar refractivity (Wildman–Crippen MR) is 100 cm³/mol. The summed E-state index contributed by atoms with van der Waals surface area (Å²) in [5.74, 6) is 0. The van der Waals surface area contributed by atoms with Gasteiger partial charge in [0, 0.05) is 45.0 Å². The molecule has 5 nitrogen and oxygen atoms in total. The topological polar surface area (TPSA) is 45.2 Å². The van der Waals surface area contributed by atoms with E-state index in [9.17, 15) is 5.11 Å². The number of hydrogen-bond acceptors (Lipinski definition) is 5. The summed E-state index contributed by atoms with van der Waals surface area (Å²) in [6.07, 6.45) is 2.01. The predicted octanol–water partition coefficient (Wildman–Crippen LogP) is 1.98. The molecule has 2 atom stereocenters. The van der Waals surface area contributed by atoms with Crippen LogP contribution in [0.4, 0.5) is 5.69 Å². The maximum Gasteiger partial charge on any atom is 0.0900 e. The first-order valence-corrected chi connectivity index (χ1v) is 9.54. The van der Waals surface area contributed by atoms with Gasteiger partial charge in [-0.25, -0.2) is 0 Å². The number of β-amino-alcohol motifs (C(OH)–C–C–N with tert-alkyl or cyclic N) is 1. The van der Waals surface area contributed by atoms with E-state index in [1.807, 2.05) is 0 Å². The molecule has 25 heavy (non-hydrogen) atoms. The van der Waals surface area contributed by atoms with Crippen LogP contribution in [0.15, 0.2) is 18.2 Å². The third-order valence-electron chi connectivity index (χ3n) is 5.40. The van der Waals surface area contributed by atoms with E-state index in [0.29, 0.717) is 19.8 Å². The summed E-state index contributed by atoms with van der Waals surface area (Å²) in [6, 6.07) is 6.52. The highest BCUT2D eigenvalue weighted by Crippen LogP contribution is 2.23. The van der Waals surface area contributed by atoms with E-state index in [1.54, 1.807) is 0 Å². The SMILES string of the molecule is Cc1cccc(N2CCN(C[C@@H](O)COC[C@@H]3CCCO3)CC2)c1C. The molecule has 1 aromatic rings. The molecule has 0 radical (unpaired) electrons. The van der Waals surface area contributed by atoms with Crippen LogP contribution in [-0.4, -0.2) is 74.8 Å². The van der Waals surface area contributed by atoms with Gasteiger partial charge in [0.2, 0.25) is 0 Å². The van der Waals surface area contributed by atoms with Crippen molar-refractivity contribution in [3.63, 3.8) is 0 Å². The summed E-state index contributed by atoms with van der Waals surface area (Å²) in [6.45, 7) is 10.9. The van der Waals surface area contributed by atoms with E-state index in [1.165, 1.54) is 16.8 Å². The van der Waals surface area contributed by atoms with E-state index < -0.39 is 6.10 Å². The lowest BCUT2D eigenvalue weighted by molar-refractivity contribution is -0.0254. The third-order valence-corrected chi connectivity index (χ3v) is 5.40. The quantitative estimate of drug-likeness (QED) is 0.816. The maximum atomic E-state index is 10.2. The first-order valence-electron chi connectivity index (χ1n) is 9.54. The van der Waals surface area contributed by atoms with Crippen molar-refractivity contribution in [2.75, 3.05) is 57.4 Å². The van der Waals surface area contributed by atoms with Gasteiger partial charge in [-0.15, -0.1) is 0 Å². The molecular weight excluding hydrogens is 316 g/mol. The molecule has 2 aliphatic rings. The van der Waals surface area contributed by atoms with Crippen LogP contribution < -0.4 is 4.90 Å². The van der Waals surface area contributed by atoms with Crippen molar-refractivity contribution < 1.29 is 14.6 Å². The van der Waals surface area contributed by atoms with Gasteiger partial charge in [0.15, 0.2) is 0 Å². The Labute approximate surface area is 151 Å². The van der Waals surface area contributed by atoms with Gasteiger partial charge in [-0.1, -0.05) is 12.1 Å². The van der Waals surface area contributed by atoms with Crippen molar-refractivity contribution in [2.45, 2.75) is 38.9 Å². The van der Waals surface area contributed by atoms with Crippen molar-refractivity contribution in [3.05, 3.63) is 29.3 Å². The largest absolute Gasteiger partial charge is 0.389 e. The normalized spacial score (nSPS) is 23.2. The summed E-state index contributed by atoms with van der Waals surface area (Å²) >= 11 is 0. The highest BCUT2D eigenvalue weighted by atomic mass is 16.5. The van der Waals surface area contributed by atoms with Crippen LogP contribution in [0.1, 0.15) is 24.0 Å². The molecular formula is C20H32N2O3. The number of rotatable bonds is 7. The van der Waals surface area contributed by atoms with E-state index in [-0.39, 0.29) is 6.10 Å². The van der Waals surface area contributed by atoms with Crippen molar-refractivity contribution in [1.29, 1.82) is 0 Å². The average Bonchev–Trinajstić information content (AvgIpc) is 3.12. The minimum atomic E-state index is -0.423. The lowest BCUT2D eigenvalue weighted by atomic mass is 10.1. The summed E-state index contributed by atoms with van der Waals surface area (Å²) in [4.78, 5) is 4.79. The second-order valence-corrected chi connectivity index (χ2v) is 7.33. The Morgan fingerprint density at radius 2 is 2.04 bits per heavy atom. The first-order chi connectivity index (χ1) is 12.1. The minimum absolute atomic E-state index is 0.230. The first kappa shape index (κ1) is 18.6. The fourth-order valence-electron chi connectivity index (χ4n) is 3.71. The maximum absolute atomic E-state index is 10.2. The third kappa shape index (κ3) is 5.17. The van der Waals surface area contributed by atoms with Crippen molar-refractivity contribution in [2.24, 2.45) is 0 Å². The molecule has 0 aromatic heterocycles. The van der Waals surface area contributed by atoms with Crippen LogP contribution in [-0.2, 0) is 9.47 Å². The van der Waals surface area contributed by atoms with Crippen LogP contribution in [0.2, 0.25) is 0 Å². The van der Waals surface area contributed by atoms with Crippen molar-refractivity contribution in [3.8, 4) is 0 Å². The van der Waals surface area contributed by atoms with Gasteiger partial charge in [-0.2, -0.15) is 0 Å². The molecule has 140 valence electrons. The van der Waals surface area contributed by atoms with Gasteiger partial charge in [0.25, 0.3) is 0 Å². The number of anilines is 1. The molecule has 2 aliphatic heterocycles. The molecule has 0 spiro atoms. The fraction of sp³-hybridized carbons (Fsp3) is 0.700. The Bertz CT molecular complexity index is 538. The smallest absolute Gasteiger partial charge is 0.0900 e. The Balaban J connectivity index is 1.37. The lowest BCUT2D eigenvalue weighted by Gasteiger charge is -2.37. The number of hydrogen-bond donors (Lipinski definition) is 1.